The second-order valence-electron chi connectivity index (χ2n) is 2.87. The normalized spacial score (nSPS) is 19.6. The molecule has 0 aromatic heterocycles. The molecule has 5 heteroatoms. The van der Waals surface area contributed by atoms with Gasteiger partial charge in [-0.05, 0) is 0 Å². The lowest BCUT2D eigenvalue weighted by Crippen LogP contribution is -2.53. The van der Waals surface area contributed by atoms with Gasteiger partial charge in [0, 0.05) is 40.3 Å². The summed E-state index contributed by atoms with van der Waals surface area (Å²) in [7, 11) is 3.57. The molecule has 1 fully saturated rings. The van der Waals surface area contributed by atoms with E-state index in [4.69, 9.17) is 5.84 Å². The Labute approximate surface area is 73.2 Å². The molecule has 0 aliphatic carbocycles. The van der Waals surface area contributed by atoms with E-state index in [1.165, 1.54) is 0 Å². The predicted octanol–water partition coefficient (Wildman–Crippen LogP) is -1.32. The van der Waals surface area contributed by atoms with E-state index < -0.39 is 0 Å². The molecule has 0 aromatic carbocycles. The Hall–Kier alpha value is -0.810. The summed E-state index contributed by atoms with van der Waals surface area (Å²) in [5.41, 5.74) is 0. The average molecular weight is 171 g/mol. The molecule has 12 heavy (non-hydrogen) atoms. The van der Waals surface area contributed by atoms with Crippen molar-refractivity contribution in [2.75, 3.05) is 40.3 Å². The zero-order valence-corrected chi connectivity index (χ0v) is 7.75. The largest absolute Gasteiger partial charge is 0.339 e. The zero-order chi connectivity index (χ0) is 8.97. The van der Waals surface area contributed by atoms with Crippen molar-refractivity contribution in [1.29, 1.82) is 0 Å². The van der Waals surface area contributed by atoms with Crippen LogP contribution in [-0.2, 0) is 0 Å². The van der Waals surface area contributed by atoms with Crippen LogP contribution < -0.4 is 11.2 Å². The molecule has 70 valence electrons. The van der Waals surface area contributed by atoms with Gasteiger partial charge in [-0.3, -0.25) is 10.0 Å². The first-order valence-corrected chi connectivity index (χ1v) is 4.16. The minimum absolute atomic E-state index is 0.858. The predicted molar refractivity (Wildman–Crippen MR) is 49.8 cm³/mol. The van der Waals surface area contributed by atoms with Crippen molar-refractivity contribution in [3.05, 3.63) is 0 Å². The first kappa shape index (κ1) is 9.28. The van der Waals surface area contributed by atoms with Gasteiger partial charge in [0.1, 0.15) is 0 Å². The van der Waals surface area contributed by atoms with E-state index in [0.717, 1.165) is 32.1 Å². The molecule has 0 atom stereocenters. The molecule has 0 saturated carbocycles. The third-order valence-corrected chi connectivity index (χ3v) is 1.92. The van der Waals surface area contributed by atoms with Crippen LogP contribution in [0.2, 0.25) is 0 Å². The van der Waals surface area contributed by atoms with Crippen LogP contribution in [-0.4, -0.2) is 56.1 Å². The van der Waals surface area contributed by atoms with Gasteiger partial charge < -0.3 is 10.2 Å². The molecular weight excluding hydrogens is 154 g/mol. The Balaban J connectivity index is 2.53. The van der Waals surface area contributed by atoms with E-state index in [1.807, 2.05) is 7.05 Å². The second kappa shape index (κ2) is 4.27. The minimum Gasteiger partial charge on any atom is -0.339 e. The molecule has 5 nitrogen and oxygen atoms in total. The number of nitrogens with two attached hydrogens (primary N) is 1. The van der Waals surface area contributed by atoms with Crippen LogP contribution in [0, 0.1) is 0 Å². The quantitative estimate of drug-likeness (QED) is 0.205. The van der Waals surface area contributed by atoms with Gasteiger partial charge >= 0.3 is 0 Å². The summed E-state index contributed by atoms with van der Waals surface area (Å²) in [6.45, 7) is 3.97. The van der Waals surface area contributed by atoms with Gasteiger partial charge in [0.25, 0.3) is 0 Å². The number of guanidine groups is 1. The first-order chi connectivity index (χ1) is 5.75. The van der Waals surface area contributed by atoms with Gasteiger partial charge in [-0.15, -0.1) is 0 Å². The van der Waals surface area contributed by atoms with Gasteiger partial charge in [-0.2, -0.15) is 0 Å². The fourth-order valence-electron chi connectivity index (χ4n) is 1.39. The van der Waals surface area contributed by atoms with E-state index in [1.54, 1.807) is 12.1 Å². The Morgan fingerprint density at radius 3 is 2.50 bits per heavy atom. The van der Waals surface area contributed by atoms with Gasteiger partial charge in [0.05, 0.1) is 0 Å². The molecule has 1 aliphatic heterocycles. The number of hydrogen-bond acceptors (Lipinski definition) is 3. The highest BCUT2D eigenvalue weighted by molar-refractivity contribution is 5.79. The molecule has 1 saturated heterocycles. The Morgan fingerprint density at radius 2 is 2.08 bits per heavy atom. The fraction of sp³-hybridized carbons (Fsp3) is 0.857. The number of hydrazine groups is 1. The summed E-state index contributed by atoms with van der Waals surface area (Å²) in [5, 5.41) is 4.84. The van der Waals surface area contributed by atoms with Gasteiger partial charge in [0.15, 0.2) is 0 Å². The van der Waals surface area contributed by atoms with Crippen molar-refractivity contribution in [1.82, 2.24) is 15.2 Å². The third-order valence-electron chi connectivity index (χ3n) is 1.92. The lowest BCUT2D eigenvalue weighted by Gasteiger charge is -2.32. The summed E-state index contributed by atoms with van der Waals surface area (Å²) >= 11 is 0. The van der Waals surface area contributed by atoms with Crippen LogP contribution in [0.25, 0.3) is 0 Å². The highest BCUT2D eigenvalue weighted by Gasteiger charge is 2.14. The molecule has 0 bridgehead atoms. The van der Waals surface area contributed by atoms with Crippen LogP contribution in [0.5, 0.6) is 0 Å². The number of aliphatic imine (C=N–C) groups is 1. The zero-order valence-electron chi connectivity index (χ0n) is 7.75. The number of hydrogen-bond donors (Lipinski definition) is 2. The highest BCUT2D eigenvalue weighted by Crippen LogP contribution is 1.95. The Bertz CT molecular complexity index is 159. The first-order valence-electron chi connectivity index (χ1n) is 4.16. The maximum atomic E-state index is 5.62. The van der Waals surface area contributed by atoms with Crippen molar-refractivity contribution in [3.8, 4) is 0 Å². The van der Waals surface area contributed by atoms with E-state index in [2.05, 4.69) is 15.2 Å². The van der Waals surface area contributed by atoms with Gasteiger partial charge in [-0.25, -0.2) is 5.84 Å². The van der Waals surface area contributed by atoms with E-state index >= 15 is 0 Å². The Morgan fingerprint density at radius 1 is 1.50 bits per heavy atom. The van der Waals surface area contributed by atoms with Crippen molar-refractivity contribution < 1.29 is 0 Å². The molecule has 0 spiro atoms. The van der Waals surface area contributed by atoms with Crippen LogP contribution >= 0.6 is 0 Å². The monoisotopic (exact) mass is 171 g/mol. The minimum atomic E-state index is 0.858. The molecule has 3 N–H and O–H groups in total. The van der Waals surface area contributed by atoms with Crippen LogP contribution in [0.15, 0.2) is 4.99 Å². The lowest BCUT2D eigenvalue weighted by atomic mass is 10.4. The molecule has 0 aromatic rings. The highest BCUT2D eigenvalue weighted by atomic mass is 15.5. The van der Waals surface area contributed by atoms with Gasteiger partial charge in [0.2, 0.25) is 5.96 Å². The maximum Gasteiger partial charge on any atom is 0.210 e. The summed E-state index contributed by atoms with van der Waals surface area (Å²) in [6, 6.07) is 0. The van der Waals surface area contributed by atoms with Crippen LogP contribution in [0.3, 0.4) is 0 Å². The van der Waals surface area contributed by atoms with Crippen molar-refractivity contribution in [2.45, 2.75) is 0 Å². The molecular formula is C7H17N5. The van der Waals surface area contributed by atoms with Crippen LogP contribution in [0.1, 0.15) is 0 Å². The van der Waals surface area contributed by atoms with Crippen molar-refractivity contribution >= 4 is 5.96 Å². The summed E-state index contributed by atoms with van der Waals surface area (Å²) in [6.07, 6.45) is 0. The molecule has 1 rings (SSSR count). The summed E-state index contributed by atoms with van der Waals surface area (Å²) in [5.74, 6) is 6.48. The molecule has 0 radical (unpaired) electrons. The third kappa shape index (κ3) is 2.09. The number of nitrogens with zero attached hydrogens (tertiary/aromatic N) is 3. The SMILES string of the molecule is C/N=C(/N(C)N)N1CCNCC1. The maximum absolute atomic E-state index is 5.62. The average Bonchev–Trinajstić information content (AvgIpc) is 2.07. The Kier molecular flexibility index (Phi) is 3.31. The van der Waals surface area contributed by atoms with E-state index in [-0.39, 0.29) is 0 Å². The van der Waals surface area contributed by atoms with E-state index in [0.29, 0.717) is 0 Å². The topological polar surface area (TPSA) is 56.9 Å². The van der Waals surface area contributed by atoms with Gasteiger partial charge in [-0.1, -0.05) is 0 Å². The van der Waals surface area contributed by atoms with E-state index in [9.17, 15) is 0 Å². The lowest BCUT2D eigenvalue weighted by molar-refractivity contribution is 0.311. The van der Waals surface area contributed by atoms with Crippen molar-refractivity contribution in [3.63, 3.8) is 0 Å². The molecule has 0 amide bonds. The number of piperazine rings is 1. The number of nitrogens with one attached hydrogen (secondary N) is 1. The summed E-state index contributed by atoms with van der Waals surface area (Å²) in [4.78, 5) is 6.30. The molecule has 1 aliphatic rings. The van der Waals surface area contributed by atoms with Crippen LogP contribution in [0.4, 0.5) is 0 Å². The van der Waals surface area contributed by atoms with Crippen molar-refractivity contribution in [2.24, 2.45) is 10.8 Å². The number of rotatable bonds is 0. The smallest absolute Gasteiger partial charge is 0.210 e. The molecule has 1 heterocycles. The second-order valence-corrected chi connectivity index (χ2v) is 2.87. The fourth-order valence-corrected chi connectivity index (χ4v) is 1.39. The summed E-state index contributed by atoms with van der Waals surface area (Å²) < 4.78 is 0. The molecule has 0 unspecified atom stereocenters. The standard InChI is InChI=1S/C7H17N5/c1-9-7(11(2)8)12-5-3-10-4-6-12/h10H,3-6,8H2,1-2H3/b9-7-.